The van der Waals surface area contributed by atoms with Gasteiger partial charge >= 0.3 is 0 Å². The molecule has 0 amide bonds. The molecule has 2 aliphatic heterocycles. The summed E-state index contributed by atoms with van der Waals surface area (Å²) in [4.78, 5) is 4.57. The lowest BCUT2D eigenvalue weighted by Gasteiger charge is -2.45. The van der Waals surface area contributed by atoms with Crippen LogP contribution in [0.4, 0.5) is 34.1 Å². The topological polar surface area (TPSA) is 73.8 Å². The van der Waals surface area contributed by atoms with E-state index in [1.165, 1.54) is 11.1 Å². The molecule has 8 nitrogen and oxygen atoms in total. The molecule has 0 fully saturated rings. The highest BCUT2D eigenvalue weighted by molar-refractivity contribution is 7.00. The smallest absolute Gasteiger partial charge is 0.252 e. The van der Waals surface area contributed by atoms with Crippen LogP contribution >= 0.6 is 0 Å². The third kappa shape index (κ3) is 9.57. The van der Waals surface area contributed by atoms with Crippen LogP contribution in [0.2, 0.25) is 0 Å². The third-order valence-corrected chi connectivity index (χ3v) is 22.3. The summed E-state index contributed by atoms with van der Waals surface area (Å²) in [6, 6.07) is 76.6. The molecule has 19 rings (SSSR count). The summed E-state index contributed by atoms with van der Waals surface area (Å²) in [5.74, 6) is 0. The van der Waals surface area contributed by atoms with Crippen LogP contribution in [0.3, 0.4) is 0 Å². The Labute approximate surface area is 624 Å². The van der Waals surface area contributed by atoms with Crippen LogP contribution < -0.4 is 26.2 Å². The molecule has 0 saturated carbocycles. The van der Waals surface area contributed by atoms with Crippen molar-refractivity contribution in [2.45, 2.75) is 105 Å². The molecule has 0 unspecified atom stereocenters. The van der Waals surface area contributed by atoms with Crippen molar-refractivity contribution < 1.29 is 11.0 Å². The van der Waals surface area contributed by atoms with Gasteiger partial charge in [-0.1, -0.05) is 210 Å². The van der Waals surface area contributed by atoms with E-state index in [1.807, 2.05) is 42.5 Å². The zero-order valence-corrected chi connectivity index (χ0v) is 60.9. The lowest BCUT2D eigenvalue weighted by atomic mass is 9.33. The Hall–Kier alpha value is -12.3. The van der Waals surface area contributed by atoms with E-state index >= 15 is 0 Å². The van der Waals surface area contributed by atoms with E-state index in [0.717, 1.165) is 121 Å². The summed E-state index contributed by atoms with van der Waals surface area (Å²) < 4.78 is 83.6. The fourth-order valence-electron chi connectivity index (χ4n) is 16.9. The second kappa shape index (κ2) is 22.6. The maximum atomic E-state index is 12.0. The highest BCUT2D eigenvalue weighted by Gasteiger charge is 2.45. The number of aromatic nitrogens is 4. The van der Waals surface area contributed by atoms with Crippen molar-refractivity contribution in [1.29, 1.82) is 10.5 Å². The average molecular weight is 1360 g/mol. The van der Waals surface area contributed by atoms with Crippen LogP contribution in [0.15, 0.2) is 261 Å². The zero-order chi connectivity index (χ0) is 79.0. The van der Waals surface area contributed by atoms with Crippen molar-refractivity contribution in [2.75, 3.05) is 9.80 Å². The van der Waals surface area contributed by atoms with Crippen molar-refractivity contribution in [1.82, 2.24) is 18.3 Å². The molecule has 6 heterocycles. The normalized spacial score (nSPS) is 14.3. The van der Waals surface area contributed by atoms with E-state index in [2.05, 4.69) is 289 Å². The Kier molecular flexibility index (Phi) is 11.9. The van der Waals surface area contributed by atoms with E-state index < -0.39 is 60.5 Å². The van der Waals surface area contributed by atoms with Crippen LogP contribution in [0, 0.1) is 22.7 Å². The number of hydrogen-bond acceptors (Lipinski definition) is 4. The van der Waals surface area contributed by atoms with Gasteiger partial charge in [0.2, 0.25) is 0 Å². The highest BCUT2D eigenvalue weighted by Crippen LogP contribution is 2.51. The molecule has 0 atom stereocenters. The monoisotopic (exact) mass is 1360 g/mol. The van der Waals surface area contributed by atoms with Crippen LogP contribution in [0.1, 0.15) is 127 Å². The summed E-state index contributed by atoms with van der Waals surface area (Å²) in [7, 11) is 0. The summed E-state index contributed by atoms with van der Waals surface area (Å²) in [5.41, 5.74) is 20.1. The largest absolute Gasteiger partial charge is 0.311 e. The van der Waals surface area contributed by atoms with Gasteiger partial charge in [0.05, 0.1) is 77.6 Å². The van der Waals surface area contributed by atoms with Crippen LogP contribution in [-0.4, -0.2) is 25.0 Å². The summed E-state index contributed by atoms with van der Waals surface area (Å²) >= 11 is 0. The number of para-hydroxylation sites is 5. The minimum absolute atomic E-state index is 0.00315. The van der Waals surface area contributed by atoms with Gasteiger partial charge in [-0.3, -0.25) is 0 Å². The maximum absolute atomic E-state index is 12.0. The number of nitriles is 2. The first-order valence-electron chi connectivity index (χ1n) is 40.1. The number of rotatable bonds is 6. The Morgan fingerprint density at radius 3 is 1.17 bits per heavy atom. The Balaban J connectivity index is 0.963. The standard InChI is InChI=1S/C96H79BN8/c1-93(2,3)60-36-45-83-74(47-60)75-48-61(94(4,5)6)37-46-84(75)102(83)67-41-44-77-89(55-67)105(86-52-64(38-33-59(86)57-99)100-78-28-18-13-23-68(78)69-24-14-19-29-79(69)100)91-51-63(96(10,11)12)50-90-92(91)97(77)76-43-40-66(101-80-30-20-15-25-70(80)71-26-16-21-31-81(71)101)54-88(76)103(90)65-39-34-58(56-98)85(53-65)104-82-32-22-17-27-72(82)73-42-35-62(49-87(73)104)95(7,8)9/h13-55H,1-12H3/i15D,16D,20D,21D,25D,26D,30D,31D. The molecule has 105 heavy (non-hydrogen) atoms. The summed E-state index contributed by atoms with van der Waals surface area (Å²) in [6.45, 7) is 26.2. The average Bonchev–Trinajstić information content (AvgIpc) is 1.66. The van der Waals surface area contributed by atoms with Crippen LogP contribution in [0.5, 0.6) is 0 Å². The first kappa shape index (κ1) is 55.3. The number of anilines is 6. The molecule has 17 aromatic rings. The third-order valence-electron chi connectivity index (χ3n) is 22.3. The number of benzene rings is 13. The molecule has 0 aliphatic carbocycles. The number of fused-ring (bicyclic) bond motifs is 16. The zero-order valence-electron chi connectivity index (χ0n) is 68.9. The van der Waals surface area contributed by atoms with Crippen molar-refractivity contribution in [3.63, 3.8) is 0 Å². The fraction of sp³-hybridized carbons (Fsp3) is 0.167. The van der Waals surface area contributed by atoms with Crippen molar-refractivity contribution >= 4 is 144 Å². The first-order valence-corrected chi connectivity index (χ1v) is 36.1. The molecular formula is C96H79BN8. The number of nitrogens with zero attached hydrogens (tertiary/aromatic N) is 8. The molecule has 4 aromatic heterocycles. The summed E-state index contributed by atoms with van der Waals surface area (Å²) in [5, 5.41) is 30.0. The quantitative estimate of drug-likeness (QED) is 0.156. The van der Waals surface area contributed by atoms with Gasteiger partial charge in [-0.15, -0.1) is 0 Å². The van der Waals surface area contributed by atoms with Gasteiger partial charge in [-0.2, -0.15) is 10.5 Å². The van der Waals surface area contributed by atoms with E-state index in [-0.39, 0.29) is 38.1 Å². The molecule has 9 heteroatoms. The van der Waals surface area contributed by atoms with Gasteiger partial charge in [0.25, 0.3) is 6.71 Å². The Morgan fingerprint density at radius 2 is 0.667 bits per heavy atom. The molecule has 0 radical (unpaired) electrons. The van der Waals surface area contributed by atoms with Gasteiger partial charge in [-0.25, -0.2) is 0 Å². The highest BCUT2D eigenvalue weighted by atomic mass is 15.2. The minimum atomic E-state index is -0.582. The molecule has 0 bridgehead atoms. The second-order valence-corrected chi connectivity index (χ2v) is 32.7. The van der Waals surface area contributed by atoms with E-state index in [0.29, 0.717) is 39.6 Å². The first-order chi connectivity index (χ1) is 53.9. The molecular weight excluding hydrogens is 1280 g/mol. The maximum Gasteiger partial charge on any atom is 0.252 e. The van der Waals surface area contributed by atoms with Crippen molar-refractivity contribution in [2.24, 2.45) is 0 Å². The lowest BCUT2D eigenvalue weighted by Crippen LogP contribution is -2.61. The predicted molar refractivity (Wildman–Crippen MR) is 442 cm³/mol. The minimum Gasteiger partial charge on any atom is -0.311 e. The second-order valence-electron chi connectivity index (χ2n) is 32.7. The Morgan fingerprint density at radius 1 is 0.286 bits per heavy atom. The van der Waals surface area contributed by atoms with E-state index in [4.69, 9.17) is 2.74 Å². The molecule has 506 valence electrons. The lowest BCUT2D eigenvalue weighted by molar-refractivity contribution is 0.590. The van der Waals surface area contributed by atoms with Crippen LogP contribution in [0.25, 0.3) is 110 Å². The van der Waals surface area contributed by atoms with Gasteiger partial charge in [0.15, 0.2) is 0 Å². The fourth-order valence-corrected chi connectivity index (χ4v) is 16.9. The van der Waals surface area contributed by atoms with Gasteiger partial charge < -0.3 is 28.1 Å². The van der Waals surface area contributed by atoms with Crippen LogP contribution in [-0.2, 0) is 21.7 Å². The van der Waals surface area contributed by atoms with Crippen molar-refractivity contribution in [3.8, 4) is 34.9 Å². The van der Waals surface area contributed by atoms with Gasteiger partial charge in [0.1, 0.15) is 12.1 Å². The Bertz CT molecular complexity index is 7010. The van der Waals surface area contributed by atoms with Crippen molar-refractivity contribution in [3.05, 3.63) is 294 Å². The summed E-state index contributed by atoms with van der Waals surface area (Å²) in [6.07, 6.45) is 0. The SMILES string of the molecule is [2H]c1c([2H])c([2H])c2c(c1[2H])c1c([2H])c([2H])c([2H])c([2H])c1n2-c1ccc2c(c1)N(c1ccc(C#N)c(-n3c4ccccc4c4ccc(C(C)(C)C)cc43)c1)c1cc(C(C)(C)C)cc3c1B2c1ccc(-n2c4ccc(C(C)(C)C)cc4c4cc(C(C)(C)C)ccc42)cc1N3c1cc(-n2c3ccccc3c3ccccc32)ccc1C#N. The van der Waals surface area contributed by atoms with E-state index in [9.17, 15) is 18.7 Å². The molecule has 0 saturated heterocycles. The predicted octanol–water partition coefficient (Wildman–Crippen LogP) is 23.1. The molecule has 13 aromatic carbocycles. The number of hydrogen-bond donors (Lipinski definition) is 0. The molecule has 0 spiro atoms. The van der Waals surface area contributed by atoms with Gasteiger partial charge in [0, 0.05) is 88.6 Å². The molecule has 2 aliphatic rings. The molecule has 0 N–H and O–H groups in total. The van der Waals surface area contributed by atoms with E-state index in [1.54, 1.807) is 4.57 Å². The van der Waals surface area contributed by atoms with Gasteiger partial charge in [-0.05, 0) is 194 Å².